The van der Waals surface area contributed by atoms with Gasteiger partial charge >= 0.3 is 0 Å². The Bertz CT molecular complexity index is 791. The minimum atomic E-state index is -0.227. The van der Waals surface area contributed by atoms with Gasteiger partial charge < -0.3 is 5.32 Å². The van der Waals surface area contributed by atoms with Gasteiger partial charge in [-0.3, -0.25) is 4.79 Å². The van der Waals surface area contributed by atoms with Crippen molar-refractivity contribution in [2.75, 3.05) is 5.32 Å². The van der Waals surface area contributed by atoms with Crippen LogP contribution < -0.4 is 5.32 Å². The number of carbonyl (C=O) groups excluding carboxylic acids is 1. The van der Waals surface area contributed by atoms with Crippen molar-refractivity contribution in [1.82, 2.24) is 0 Å². The van der Waals surface area contributed by atoms with E-state index in [-0.39, 0.29) is 5.91 Å². The van der Waals surface area contributed by atoms with Crippen LogP contribution in [-0.2, 0) is 12.8 Å². The maximum absolute atomic E-state index is 12.4. The third-order valence-electron chi connectivity index (χ3n) is 4.37. The highest BCUT2D eigenvalue weighted by atomic mass is 35.5. The molecule has 3 nitrogen and oxygen atoms in total. The van der Waals surface area contributed by atoms with E-state index in [9.17, 15) is 10.1 Å². The quantitative estimate of drug-likeness (QED) is 0.847. The second-order valence-electron chi connectivity index (χ2n) is 5.80. The van der Waals surface area contributed by atoms with Gasteiger partial charge in [-0.15, -0.1) is 11.3 Å². The van der Waals surface area contributed by atoms with Crippen molar-refractivity contribution in [2.45, 2.75) is 32.6 Å². The minimum absolute atomic E-state index is 0.227. The molecule has 0 saturated carbocycles. The van der Waals surface area contributed by atoms with Crippen molar-refractivity contribution < 1.29 is 4.79 Å². The summed E-state index contributed by atoms with van der Waals surface area (Å²) >= 11 is 7.48. The summed E-state index contributed by atoms with van der Waals surface area (Å²) in [5, 5.41) is 13.6. The number of benzene rings is 1. The molecule has 1 aromatic heterocycles. The Labute approximate surface area is 144 Å². The number of hydrogen-bond acceptors (Lipinski definition) is 3. The van der Waals surface area contributed by atoms with Gasteiger partial charge in [0.05, 0.1) is 5.56 Å². The van der Waals surface area contributed by atoms with Gasteiger partial charge in [0.2, 0.25) is 0 Å². The Balaban J connectivity index is 1.88. The first-order chi connectivity index (χ1) is 11.1. The highest BCUT2D eigenvalue weighted by molar-refractivity contribution is 7.16. The normalized spacial score (nSPS) is 16.5. The molecule has 1 amide bonds. The third-order valence-corrected chi connectivity index (χ3v) is 5.78. The van der Waals surface area contributed by atoms with Crippen LogP contribution >= 0.6 is 22.9 Å². The van der Waals surface area contributed by atoms with Crippen LogP contribution in [0.5, 0.6) is 0 Å². The first-order valence-electron chi connectivity index (χ1n) is 7.74. The number of fused-ring (bicyclic) bond motifs is 1. The van der Waals surface area contributed by atoms with Crippen molar-refractivity contribution in [3.05, 3.63) is 50.9 Å². The molecule has 1 aliphatic rings. The van der Waals surface area contributed by atoms with Crippen LogP contribution in [0.25, 0.3) is 0 Å². The van der Waals surface area contributed by atoms with Gasteiger partial charge in [-0.25, -0.2) is 0 Å². The Morgan fingerprint density at radius 3 is 3.04 bits per heavy atom. The van der Waals surface area contributed by atoms with Gasteiger partial charge in [0.15, 0.2) is 0 Å². The Kier molecular flexibility index (Phi) is 4.70. The van der Waals surface area contributed by atoms with Crippen LogP contribution in [0.4, 0.5) is 5.00 Å². The maximum Gasteiger partial charge on any atom is 0.256 e. The van der Waals surface area contributed by atoms with Gasteiger partial charge in [0.1, 0.15) is 11.1 Å². The molecule has 0 aliphatic heterocycles. The number of nitriles is 1. The van der Waals surface area contributed by atoms with Crippen LogP contribution in [0.3, 0.4) is 0 Å². The van der Waals surface area contributed by atoms with E-state index in [1.165, 1.54) is 4.88 Å². The molecule has 0 radical (unpaired) electrons. The summed E-state index contributed by atoms with van der Waals surface area (Å²) in [7, 11) is 0. The average Bonchev–Trinajstić information content (AvgIpc) is 2.90. The second-order valence-corrected chi connectivity index (χ2v) is 7.34. The lowest BCUT2D eigenvalue weighted by Crippen LogP contribution is -2.12. The molecule has 1 aliphatic carbocycles. The van der Waals surface area contributed by atoms with E-state index in [0.29, 0.717) is 27.1 Å². The van der Waals surface area contributed by atoms with E-state index in [0.717, 1.165) is 31.2 Å². The molecule has 1 aromatic carbocycles. The lowest BCUT2D eigenvalue weighted by atomic mass is 9.86. The van der Waals surface area contributed by atoms with E-state index in [1.807, 2.05) is 0 Å². The van der Waals surface area contributed by atoms with E-state index in [1.54, 1.807) is 35.6 Å². The molecule has 118 valence electrons. The standard InChI is InChI=1S/C18H17ClN2OS/c1-2-11-6-7-14-15(10-20)18(23-16(14)8-11)21-17(22)12-4-3-5-13(19)9-12/h3-5,9,11H,2,6-8H2,1H3,(H,21,22)/t11-/m0/s1. The first-order valence-corrected chi connectivity index (χ1v) is 8.93. The molecule has 3 rings (SSSR count). The van der Waals surface area contributed by atoms with E-state index in [4.69, 9.17) is 11.6 Å². The van der Waals surface area contributed by atoms with Crippen LogP contribution in [-0.4, -0.2) is 5.91 Å². The maximum atomic E-state index is 12.4. The number of carbonyl (C=O) groups is 1. The van der Waals surface area contributed by atoms with E-state index in [2.05, 4.69) is 18.3 Å². The minimum Gasteiger partial charge on any atom is -0.312 e. The molecule has 1 heterocycles. The average molecular weight is 345 g/mol. The summed E-state index contributed by atoms with van der Waals surface area (Å²) < 4.78 is 0. The number of amides is 1. The SMILES string of the molecule is CC[C@H]1CCc2c(sc(NC(=O)c3cccc(Cl)c3)c2C#N)C1. The van der Waals surface area contributed by atoms with Gasteiger partial charge in [-0.2, -0.15) is 5.26 Å². The number of rotatable bonds is 3. The summed E-state index contributed by atoms with van der Waals surface area (Å²) in [6.07, 6.45) is 4.22. The van der Waals surface area contributed by atoms with Crippen molar-refractivity contribution in [3.63, 3.8) is 0 Å². The Morgan fingerprint density at radius 1 is 1.52 bits per heavy atom. The number of halogens is 1. The van der Waals surface area contributed by atoms with Crippen molar-refractivity contribution in [3.8, 4) is 6.07 Å². The second kappa shape index (κ2) is 6.74. The summed E-state index contributed by atoms with van der Waals surface area (Å²) in [5.74, 6) is 0.457. The Hall–Kier alpha value is -1.83. The fraction of sp³-hybridized carbons (Fsp3) is 0.333. The number of nitrogens with one attached hydrogen (secondary N) is 1. The molecule has 0 bridgehead atoms. The fourth-order valence-electron chi connectivity index (χ4n) is 3.01. The van der Waals surface area contributed by atoms with Gasteiger partial charge in [0.25, 0.3) is 5.91 Å². The predicted molar refractivity (Wildman–Crippen MR) is 94.2 cm³/mol. The van der Waals surface area contributed by atoms with Crippen molar-refractivity contribution in [1.29, 1.82) is 5.26 Å². The molecule has 0 fully saturated rings. The summed E-state index contributed by atoms with van der Waals surface area (Å²) in [5.41, 5.74) is 2.26. The summed E-state index contributed by atoms with van der Waals surface area (Å²) in [4.78, 5) is 13.6. The van der Waals surface area contributed by atoms with Crippen LogP contribution in [0, 0.1) is 17.2 Å². The number of hydrogen-bond donors (Lipinski definition) is 1. The fourth-order valence-corrected chi connectivity index (χ4v) is 4.51. The zero-order valence-corrected chi connectivity index (χ0v) is 14.4. The molecule has 0 saturated heterocycles. The molecular weight excluding hydrogens is 328 g/mol. The molecular formula is C18H17ClN2OS. The molecule has 1 atom stereocenters. The van der Waals surface area contributed by atoms with Crippen LogP contribution in [0.15, 0.2) is 24.3 Å². The van der Waals surface area contributed by atoms with E-state index >= 15 is 0 Å². The summed E-state index contributed by atoms with van der Waals surface area (Å²) in [6, 6.07) is 9.09. The van der Waals surface area contributed by atoms with Crippen LogP contribution in [0.1, 0.15) is 46.1 Å². The van der Waals surface area contributed by atoms with Gasteiger partial charge in [-0.05, 0) is 48.9 Å². The predicted octanol–water partition coefficient (Wildman–Crippen LogP) is 5.04. The van der Waals surface area contributed by atoms with Crippen molar-refractivity contribution >= 4 is 33.8 Å². The molecule has 5 heteroatoms. The van der Waals surface area contributed by atoms with Crippen molar-refractivity contribution in [2.24, 2.45) is 5.92 Å². The topological polar surface area (TPSA) is 52.9 Å². The molecule has 2 aromatic rings. The highest BCUT2D eigenvalue weighted by Gasteiger charge is 2.25. The molecule has 1 N–H and O–H groups in total. The Morgan fingerprint density at radius 2 is 2.35 bits per heavy atom. The smallest absolute Gasteiger partial charge is 0.256 e. The van der Waals surface area contributed by atoms with Gasteiger partial charge in [0, 0.05) is 15.5 Å². The van der Waals surface area contributed by atoms with Gasteiger partial charge in [-0.1, -0.05) is 31.0 Å². The largest absolute Gasteiger partial charge is 0.312 e. The molecule has 23 heavy (non-hydrogen) atoms. The lowest BCUT2D eigenvalue weighted by Gasteiger charge is -2.20. The third kappa shape index (κ3) is 3.26. The van der Waals surface area contributed by atoms with E-state index < -0.39 is 0 Å². The molecule has 0 unspecified atom stereocenters. The highest BCUT2D eigenvalue weighted by Crippen LogP contribution is 2.40. The number of nitrogens with zero attached hydrogens (tertiary/aromatic N) is 1. The zero-order chi connectivity index (χ0) is 16.4. The monoisotopic (exact) mass is 344 g/mol. The lowest BCUT2D eigenvalue weighted by molar-refractivity contribution is 0.102. The zero-order valence-electron chi connectivity index (χ0n) is 12.9. The van der Waals surface area contributed by atoms with Crippen LogP contribution in [0.2, 0.25) is 5.02 Å². The summed E-state index contributed by atoms with van der Waals surface area (Å²) in [6.45, 7) is 2.20. The number of thiophene rings is 1. The number of anilines is 1. The molecule has 0 spiro atoms. The first kappa shape index (κ1) is 16.0.